The molecule has 0 radical (unpaired) electrons. The van der Waals surface area contributed by atoms with Gasteiger partial charge in [-0.25, -0.2) is 0 Å². The van der Waals surface area contributed by atoms with Gasteiger partial charge < -0.3 is 5.32 Å². The van der Waals surface area contributed by atoms with Gasteiger partial charge in [0.05, 0.1) is 0 Å². The monoisotopic (exact) mass is 203 g/mol. The predicted octanol–water partition coefficient (Wildman–Crippen LogP) is 3.71. The number of para-hydroxylation sites is 1. The molecule has 0 bridgehead atoms. The zero-order valence-corrected chi connectivity index (χ0v) is 10.0. The van der Waals surface area contributed by atoms with Crippen LogP contribution in [0.2, 0.25) is 0 Å². The van der Waals surface area contributed by atoms with Gasteiger partial charge in [0.1, 0.15) is 0 Å². The van der Waals surface area contributed by atoms with Crippen LogP contribution in [0.1, 0.15) is 32.8 Å². The van der Waals surface area contributed by atoms with Crippen molar-refractivity contribution in [1.82, 2.24) is 0 Å². The molecule has 0 atom stereocenters. The fourth-order valence-electron chi connectivity index (χ4n) is 1.37. The molecular weight excluding hydrogens is 182 g/mol. The second-order valence-electron chi connectivity index (χ2n) is 3.23. The van der Waals surface area contributed by atoms with E-state index in [1.54, 1.807) is 6.92 Å². The Morgan fingerprint density at radius 1 is 1.27 bits per heavy atom. The van der Waals surface area contributed by atoms with Crippen molar-refractivity contribution in [2.75, 3.05) is 11.9 Å². The Morgan fingerprint density at radius 2 is 1.87 bits per heavy atom. The number of hydrogen-bond donors (Lipinski definition) is 1. The lowest BCUT2D eigenvalue weighted by molar-refractivity contribution is 0.921. The molecule has 82 valence electrons. The molecule has 0 aliphatic rings. The van der Waals surface area contributed by atoms with Crippen LogP contribution in [0.15, 0.2) is 24.3 Å². The molecular formula is C14H21N. The molecule has 0 aliphatic carbocycles. The van der Waals surface area contributed by atoms with Crippen molar-refractivity contribution in [3.8, 4) is 12.3 Å². The molecule has 0 unspecified atom stereocenters. The normalized spacial score (nSPS) is 8.40. The molecule has 15 heavy (non-hydrogen) atoms. The molecule has 1 heteroatoms. The summed E-state index contributed by atoms with van der Waals surface area (Å²) in [7, 11) is 0. The molecule has 0 amide bonds. The first-order chi connectivity index (χ1) is 7.29. The van der Waals surface area contributed by atoms with Crippen LogP contribution in [-0.4, -0.2) is 6.54 Å². The number of anilines is 1. The van der Waals surface area contributed by atoms with Gasteiger partial charge in [0, 0.05) is 12.2 Å². The number of terminal acetylenes is 1. The molecule has 1 aromatic carbocycles. The lowest BCUT2D eigenvalue weighted by atomic mass is 10.1. The Labute approximate surface area is 93.9 Å². The van der Waals surface area contributed by atoms with Crippen LogP contribution in [0.3, 0.4) is 0 Å². The van der Waals surface area contributed by atoms with Crippen molar-refractivity contribution in [1.29, 1.82) is 0 Å². The molecule has 1 aromatic rings. The van der Waals surface area contributed by atoms with Crippen LogP contribution in [0.5, 0.6) is 0 Å². The molecule has 0 spiro atoms. The third-order valence-electron chi connectivity index (χ3n) is 1.90. The van der Waals surface area contributed by atoms with Gasteiger partial charge in [-0.1, -0.05) is 31.5 Å². The maximum atomic E-state index is 4.60. The number of aryl methyl sites for hydroxylation is 1. The minimum Gasteiger partial charge on any atom is -0.385 e. The minimum atomic E-state index is 1.00. The summed E-state index contributed by atoms with van der Waals surface area (Å²) < 4.78 is 0. The topological polar surface area (TPSA) is 12.0 Å². The fourth-order valence-corrected chi connectivity index (χ4v) is 1.37. The summed E-state index contributed by atoms with van der Waals surface area (Å²) in [6.45, 7) is 6.99. The smallest absolute Gasteiger partial charge is 0.0372 e. The Kier molecular flexibility index (Phi) is 8.28. The first-order valence-electron chi connectivity index (χ1n) is 5.49. The van der Waals surface area contributed by atoms with E-state index in [4.69, 9.17) is 0 Å². The van der Waals surface area contributed by atoms with Crippen molar-refractivity contribution >= 4 is 5.69 Å². The highest BCUT2D eigenvalue weighted by atomic mass is 14.9. The van der Waals surface area contributed by atoms with Crippen LogP contribution in [0.25, 0.3) is 0 Å². The third-order valence-corrected chi connectivity index (χ3v) is 1.90. The zero-order chi connectivity index (χ0) is 11.5. The number of benzene rings is 1. The van der Waals surface area contributed by atoms with Crippen molar-refractivity contribution < 1.29 is 0 Å². The van der Waals surface area contributed by atoms with E-state index in [-0.39, 0.29) is 0 Å². The summed E-state index contributed by atoms with van der Waals surface area (Å²) in [6, 6.07) is 8.53. The van der Waals surface area contributed by atoms with Gasteiger partial charge in [0.15, 0.2) is 0 Å². The fraction of sp³-hybridized carbons (Fsp3) is 0.429. The number of rotatable bonds is 4. The highest BCUT2D eigenvalue weighted by molar-refractivity contribution is 5.50. The van der Waals surface area contributed by atoms with E-state index < -0.39 is 0 Å². The van der Waals surface area contributed by atoms with Gasteiger partial charge in [-0.15, -0.1) is 12.3 Å². The Morgan fingerprint density at radius 3 is 2.40 bits per heavy atom. The molecule has 0 aliphatic heterocycles. The van der Waals surface area contributed by atoms with Crippen molar-refractivity contribution in [3.05, 3.63) is 29.8 Å². The Hall–Kier alpha value is -1.42. The average molecular weight is 203 g/mol. The van der Waals surface area contributed by atoms with Crippen LogP contribution >= 0.6 is 0 Å². The van der Waals surface area contributed by atoms with Crippen molar-refractivity contribution in [2.45, 2.75) is 33.6 Å². The van der Waals surface area contributed by atoms with Gasteiger partial charge in [-0.2, -0.15) is 0 Å². The van der Waals surface area contributed by atoms with Crippen LogP contribution < -0.4 is 5.32 Å². The van der Waals surface area contributed by atoms with E-state index in [1.807, 2.05) is 0 Å². The first kappa shape index (κ1) is 13.6. The highest BCUT2D eigenvalue weighted by Gasteiger charge is 1.97. The molecule has 0 fully saturated rings. The van der Waals surface area contributed by atoms with Gasteiger partial charge >= 0.3 is 0 Å². The van der Waals surface area contributed by atoms with Gasteiger partial charge in [0.2, 0.25) is 0 Å². The van der Waals surface area contributed by atoms with E-state index in [1.165, 1.54) is 24.1 Å². The zero-order valence-electron chi connectivity index (χ0n) is 10.0. The van der Waals surface area contributed by atoms with E-state index in [9.17, 15) is 0 Å². The molecule has 1 rings (SSSR count). The Balaban J connectivity index is 0.000000583. The Bertz CT molecular complexity index is 271. The minimum absolute atomic E-state index is 1.00. The van der Waals surface area contributed by atoms with Crippen molar-refractivity contribution in [2.24, 2.45) is 0 Å². The first-order valence-corrected chi connectivity index (χ1v) is 5.49. The molecule has 1 N–H and O–H groups in total. The van der Waals surface area contributed by atoms with Gasteiger partial charge in [-0.05, 0) is 31.9 Å². The number of hydrogen-bond acceptors (Lipinski definition) is 1. The average Bonchev–Trinajstić information content (AvgIpc) is 2.23. The third kappa shape index (κ3) is 5.80. The quantitative estimate of drug-likeness (QED) is 0.736. The maximum Gasteiger partial charge on any atom is 0.0372 e. The van der Waals surface area contributed by atoms with Crippen molar-refractivity contribution in [3.63, 3.8) is 0 Å². The van der Waals surface area contributed by atoms with E-state index in [2.05, 4.69) is 55.8 Å². The van der Waals surface area contributed by atoms with E-state index in [0.717, 1.165) is 6.54 Å². The van der Waals surface area contributed by atoms with Crippen LogP contribution in [0.4, 0.5) is 5.69 Å². The summed E-state index contributed by atoms with van der Waals surface area (Å²) in [5, 5.41) is 3.36. The lowest BCUT2D eigenvalue weighted by Crippen LogP contribution is -2.00. The highest BCUT2D eigenvalue weighted by Crippen LogP contribution is 2.15. The van der Waals surface area contributed by atoms with Crippen LogP contribution in [-0.2, 0) is 6.42 Å². The van der Waals surface area contributed by atoms with Gasteiger partial charge in [-0.3, -0.25) is 0 Å². The summed E-state index contributed by atoms with van der Waals surface area (Å²) in [5.74, 6) is 2.25. The standard InChI is InChI=1S/C11H17N.C3H4/c1-3-7-10-8-5-6-9-11(10)12-4-2;1-3-2/h5-6,8-9,12H,3-4,7H2,1-2H3;1H,2H3. The molecule has 0 aromatic heterocycles. The van der Waals surface area contributed by atoms with E-state index >= 15 is 0 Å². The largest absolute Gasteiger partial charge is 0.385 e. The summed E-state index contributed by atoms with van der Waals surface area (Å²) in [4.78, 5) is 0. The van der Waals surface area contributed by atoms with E-state index in [0.29, 0.717) is 0 Å². The molecule has 0 saturated carbocycles. The lowest BCUT2D eigenvalue weighted by Gasteiger charge is -2.08. The second-order valence-corrected chi connectivity index (χ2v) is 3.23. The summed E-state index contributed by atoms with van der Waals surface area (Å²) >= 11 is 0. The summed E-state index contributed by atoms with van der Waals surface area (Å²) in [6.07, 6.45) is 6.98. The van der Waals surface area contributed by atoms with Gasteiger partial charge in [0.25, 0.3) is 0 Å². The maximum absolute atomic E-state index is 4.60. The second kappa shape index (κ2) is 9.15. The van der Waals surface area contributed by atoms with Crippen LogP contribution in [0, 0.1) is 12.3 Å². The molecule has 1 nitrogen and oxygen atoms in total. The predicted molar refractivity (Wildman–Crippen MR) is 69.1 cm³/mol. The SMILES string of the molecule is C#CC.CCCc1ccccc1NCC. The molecule has 0 heterocycles. The molecule has 0 saturated heterocycles. The number of nitrogens with one attached hydrogen (secondary N) is 1. The summed E-state index contributed by atoms with van der Waals surface area (Å²) in [5.41, 5.74) is 2.73.